The second-order valence-electron chi connectivity index (χ2n) is 5.03. The van der Waals surface area contributed by atoms with Gasteiger partial charge in [0.05, 0.1) is 30.4 Å². The Hall–Kier alpha value is -2.14. The Balaban J connectivity index is 1.84. The maximum atomic E-state index is 5.26. The SMILES string of the molecule is COc1cccc(C(C)Nc2cnc3cc(Br)ccc3n2)c1. The smallest absolute Gasteiger partial charge is 0.145 e. The minimum Gasteiger partial charge on any atom is -0.497 e. The van der Waals surface area contributed by atoms with Crippen molar-refractivity contribution in [3.63, 3.8) is 0 Å². The van der Waals surface area contributed by atoms with E-state index in [2.05, 4.69) is 44.2 Å². The largest absolute Gasteiger partial charge is 0.497 e. The summed E-state index contributed by atoms with van der Waals surface area (Å²) < 4.78 is 6.26. The maximum Gasteiger partial charge on any atom is 0.145 e. The van der Waals surface area contributed by atoms with Crippen molar-refractivity contribution in [2.75, 3.05) is 12.4 Å². The van der Waals surface area contributed by atoms with Crippen LogP contribution in [-0.2, 0) is 0 Å². The summed E-state index contributed by atoms with van der Waals surface area (Å²) in [6.07, 6.45) is 1.76. The van der Waals surface area contributed by atoms with Gasteiger partial charge < -0.3 is 10.1 Å². The Kier molecular flexibility index (Phi) is 4.24. The summed E-state index contributed by atoms with van der Waals surface area (Å²) in [5, 5.41) is 3.38. The van der Waals surface area contributed by atoms with Gasteiger partial charge in [0.15, 0.2) is 0 Å². The number of nitrogens with one attached hydrogen (secondary N) is 1. The van der Waals surface area contributed by atoms with Gasteiger partial charge in [0.1, 0.15) is 11.6 Å². The van der Waals surface area contributed by atoms with Crippen LogP contribution < -0.4 is 10.1 Å². The first-order chi connectivity index (χ1) is 10.7. The standard InChI is InChI=1S/C17H16BrN3O/c1-11(12-4-3-5-14(8-12)22-2)20-17-10-19-16-9-13(18)6-7-15(16)21-17/h3-11H,1-2H3,(H,20,21). The van der Waals surface area contributed by atoms with Crippen molar-refractivity contribution in [1.29, 1.82) is 0 Å². The molecule has 0 spiro atoms. The molecule has 0 aliphatic rings. The van der Waals surface area contributed by atoms with E-state index in [9.17, 15) is 0 Å². The van der Waals surface area contributed by atoms with Gasteiger partial charge in [-0.25, -0.2) is 4.98 Å². The van der Waals surface area contributed by atoms with Crippen molar-refractivity contribution in [3.8, 4) is 5.75 Å². The van der Waals surface area contributed by atoms with Crippen LogP contribution in [0.25, 0.3) is 11.0 Å². The minimum atomic E-state index is 0.109. The second kappa shape index (κ2) is 6.32. The third-order valence-electron chi connectivity index (χ3n) is 3.46. The molecule has 1 N–H and O–H groups in total. The zero-order valence-electron chi connectivity index (χ0n) is 12.4. The lowest BCUT2D eigenvalue weighted by molar-refractivity contribution is 0.414. The molecule has 1 aromatic heterocycles. The summed E-state index contributed by atoms with van der Waals surface area (Å²) in [6, 6.07) is 14.0. The fourth-order valence-corrected chi connectivity index (χ4v) is 2.62. The number of anilines is 1. The Labute approximate surface area is 137 Å². The average Bonchev–Trinajstić information content (AvgIpc) is 2.55. The van der Waals surface area contributed by atoms with Crippen LogP contribution in [0.15, 0.2) is 53.1 Å². The predicted molar refractivity (Wildman–Crippen MR) is 92.3 cm³/mol. The van der Waals surface area contributed by atoms with Crippen LogP contribution in [0.1, 0.15) is 18.5 Å². The highest BCUT2D eigenvalue weighted by atomic mass is 79.9. The zero-order valence-corrected chi connectivity index (χ0v) is 14.0. The van der Waals surface area contributed by atoms with Crippen molar-refractivity contribution < 1.29 is 4.74 Å². The number of halogens is 1. The lowest BCUT2D eigenvalue weighted by atomic mass is 10.1. The van der Waals surface area contributed by atoms with E-state index in [1.54, 1.807) is 13.3 Å². The minimum absolute atomic E-state index is 0.109. The molecule has 112 valence electrons. The van der Waals surface area contributed by atoms with Crippen LogP contribution in [0, 0.1) is 0 Å². The molecule has 1 unspecified atom stereocenters. The van der Waals surface area contributed by atoms with Gasteiger partial charge in [-0.15, -0.1) is 0 Å². The fraction of sp³-hybridized carbons (Fsp3) is 0.176. The quantitative estimate of drug-likeness (QED) is 0.742. The summed E-state index contributed by atoms with van der Waals surface area (Å²) in [7, 11) is 1.67. The Morgan fingerprint density at radius 2 is 2.00 bits per heavy atom. The van der Waals surface area contributed by atoms with Crippen LogP contribution in [0.2, 0.25) is 0 Å². The van der Waals surface area contributed by atoms with Gasteiger partial charge in [-0.3, -0.25) is 4.98 Å². The third-order valence-corrected chi connectivity index (χ3v) is 3.96. The van der Waals surface area contributed by atoms with E-state index < -0.39 is 0 Å². The predicted octanol–water partition coefficient (Wildman–Crippen LogP) is 4.57. The van der Waals surface area contributed by atoms with E-state index in [1.165, 1.54) is 0 Å². The van der Waals surface area contributed by atoms with E-state index in [0.717, 1.165) is 32.6 Å². The molecule has 5 heteroatoms. The van der Waals surface area contributed by atoms with E-state index in [-0.39, 0.29) is 6.04 Å². The van der Waals surface area contributed by atoms with Crippen molar-refractivity contribution >= 4 is 32.8 Å². The zero-order chi connectivity index (χ0) is 15.5. The lowest BCUT2D eigenvalue weighted by Gasteiger charge is -2.15. The highest BCUT2D eigenvalue weighted by molar-refractivity contribution is 9.10. The van der Waals surface area contributed by atoms with Gasteiger partial charge in [0, 0.05) is 4.47 Å². The number of aromatic nitrogens is 2. The Morgan fingerprint density at radius 1 is 1.14 bits per heavy atom. The third kappa shape index (κ3) is 3.20. The number of nitrogens with zero attached hydrogens (tertiary/aromatic N) is 2. The molecule has 0 aliphatic heterocycles. The number of hydrogen-bond acceptors (Lipinski definition) is 4. The molecule has 2 aromatic carbocycles. The molecule has 0 fully saturated rings. The van der Waals surface area contributed by atoms with Gasteiger partial charge in [0.25, 0.3) is 0 Å². The molecule has 1 atom stereocenters. The second-order valence-corrected chi connectivity index (χ2v) is 5.95. The van der Waals surface area contributed by atoms with Crippen LogP contribution in [0.5, 0.6) is 5.75 Å². The fourth-order valence-electron chi connectivity index (χ4n) is 2.27. The number of ether oxygens (including phenoxy) is 1. The number of fused-ring (bicyclic) bond motifs is 1. The highest BCUT2D eigenvalue weighted by Gasteiger charge is 2.08. The molecule has 1 heterocycles. The first-order valence-electron chi connectivity index (χ1n) is 6.98. The molecule has 4 nitrogen and oxygen atoms in total. The molecule has 0 saturated heterocycles. The monoisotopic (exact) mass is 357 g/mol. The van der Waals surface area contributed by atoms with E-state index >= 15 is 0 Å². The number of benzene rings is 2. The summed E-state index contributed by atoms with van der Waals surface area (Å²) in [4.78, 5) is 9.04. The first kappa shape index (κ1) is 14.8. The molecule has 0 amide bonds. The van der Waals surface area contributed by atoms with Gasteiger partial charge >= 0.3 is 0 Å². The van der Waals surface area contributed by atoms with Gasteiger partial charge in [0.2, 0.25) is 0 Å². The maximum absolute atomic E-state index is 5.26. The molecular formula is C17H16BrN3O. The van der Waals surface area contributed by atoms with Crippen molar-refractivity contribution in [2.24, 2.45) is 0 Å². The molecular weight excluding hydrogens is 342 g/mol. The molecule has 0 bridgehead atoms. The van der Waals surface area contributed by atoms with Crippen LogP contribution >= 0.6 is 15.9 Å². The summed E-state index contributed by atoms with van der Waals surface area (Å²) >= 11 is 3.44. The molecule has 3 rings (SSSR count). The van der Waals surface area contributed by atoms with Gasteiger partial charge in [-0.1, -0.05) is 28.1 Å². The summed E-state index contributed by atoms with van der Waals surface area (Å²) in [6.45, 7) is 2.09. The number of rotatable bonds is 4. The number of hydrogen-bond donors (Lipinski definition) is 1. The Morgan fingerprint density at radius 3 is 2.82 bits per heavy atom. The normalized spacial score (nSPS) is 12.1. The van der Waals surface area contributed by atoms with Crippen molar-refractivity contribution in [1.82, 2.24) is 9.97 Å². The van der Waals surface area contributed by atoms with Gasteiger partial charge in [-0.2, -0.15) is 0 Å². The van der Waals surface area contributed by atoms with Crippen LogP contribution in [0.4, 0.5) is 5.82 Å². The first-order valence-corrected chi connectivity index (χ1v) is 7.78. The van der Waals surface area contributed by atoms with E-state index in [0.29, 0.717) is 0 Å². The topological polar surface area (TPSA) is 47.0 Å². The van der Waals surface area contributed by atoms with E-state index in [1.807, 2.05) is 36.4 Å². The average molecular weight is 358 g/mol. The van der Waals surface area contributed by atoms with E-state index in [4.69, 9.17) is 4.74 Å². The molecule has 22 heavy (non-hydrogen) atoms. The molecule has 0 saturated carbocycles. The van der Waals surface area contributed by atoms with Crippen LogP contribution in [0.3, 0.4) is 0 Å². The molecule has 0 radical (unpaired) electrons. The Bertz CT molecular complexity index is 807. The molecule has 0 aliphatic carbocycles. The lowest BCUT2D eigenvalue weighted by Crippen LogP contribution is -2.08. The highest BCUT2D eigenvalue weighted by Crippen LogP contribution is 2.23. The van der Waals surface area contributed by atoms with Crippen molar-refractivity contribution in [2.45, 2.75) is 13.0 Å². The van der Waals surface area contributed by atoms with Gasteiger partial charge in [-0.05, 0) is 42.8 Å². The number of methoxy groups -OCH3 is 1. The molecule has 3 aromatic rings. The van der Waals surface area contributed by atoms with Crippen LogP contribution in [-0.4, -0.2) is 17.1 Å². The summed E-state index contributed by atoms with van der Waals surface area (Å²) in [5.74, 6) is 1.60. The summed E-state index contributed by atoms with van der Waals surface area (Å²) in [5.41, 5.74) is 2.87. The van der Waals surface area contributed by atoms with Crippen molar-refractivity contribution in [3.05, 3.63) is 58.7 Å².